The van der Waals surface area contributed by atoms with Gasteiger partial charge in [-0.15, -0.1) is 0 Å². The van der Waals surface area contributed by atoms with Crippen LogP contribution in [0.3, 0.4) is 0 Å². The van der Waals surface area contributed by atoms with E-state index in [9.17, 15) is 0 Å². The van der Waals surface area contributed by atoms with Crippen molar-refractivity contribution in [1.82, 2.24) is 15.0 Å². The number of hydrogen-bond acceptors (Lipinski definition) is 5. The molecule has 0 saturated heterocycles. The maximum Gasteiger partial charge on any atom is 0.167 e. The fourth-order valence-electron chi connectivity index (χ4n) is 7.92. The smallest absolute Gasteiger partial charge is 0.167 e. The van der Waals surface area contributed by atoms with Gasteiger partial charge in [0.2, 0.25) is 0 Å². The van der Waals surface area contributed by atoms with Crippen molar-refractivity contribution in [3.8, 4) is 67.5 Å². The van der Waals surface area contributed by atoms with Gasteiger partial charge in [-0.05, 0) is 46.5 Å². The summed E-state index contributed by atoms with van der Waals surface area (Å²) in [5, 5.41) is 4.13. The highest BCUT2D eigenvalue weighted by Gasteiger charge is 2.22. The summed E-state index contributed by atoms with van der Waals surface area (Å²) in [5.74, 6) is 1.75. The van der Waals surface area contributed by atoms with E-state index >= 15 is 0 Å². The summed E-state index contributed by atoms with van der Waals surface area (Å²) >= 11 is 0. The number of hydrogen-bond donors (Lipinski definition) is 0. The Hall–Kier alpha value is -7.63. The van der Waals surface area contributed by atoms with E-state index < -0.39 is 0 Å². The predicted octanol–water partition coefficient (Wildman–Crippen LogP) is 13.7. The Bertz CT molecular complexity index is 3180. The van der Waals surface area contributed by atoms with Gasteiger partial charge in [-0.25, -0.2) is 15.0 Å². The van der Waals surface area contributed by atoms with Crippen molar-refractivity contribution in [3.05, 3.63) is 188 Å². The maximum atomic E-state index is 6.98. The zero-order valence-corrected chi connectivity index (χ0v) is 30.1. The number of furan rings is 2. The molecule has 11 rings (SSSR count). The number of nitrogens with zero attached hydrogens (tertiary/aromatic N) is 3. The van der Waals surface area contributed by atoms with Crippen LogP contribution in [-0.4, -0.2) is 15.0 Å². The molecule has 0 unspecified atom stereocenters. The summed E-state index contributed by atoms with van der Waals surface area (Å²) in [4.78, 5) is 15.0. The first-order chi connectivity index (χ1) is 27.8. The minimum atomic E-state index is 0.547. The lowest BCUT2D eigenvalue weighted by atomic mass is 9.92. The largest absolute Gasteiger partial charge is 0.455 e. The molecule has 0 radical (unpaired) electrons. The number of para-hydroxylation sites is 3. The van der Waals surface area contributed by atoms with E-state index in [4.69, 9.17) is 23.8 Å². The molecule has 0 atom stereocenters. The van der Waals surface area contributed by atoms with Crippen molar-refractivity contribution in [3.63, 3.8) is 0 Å². The van der Waals surface area contributed by atoms with Crippen LogP contribution in [0.25, 0.3) is 111 Å². The molecule has 5 nitrogen and oxygen atoms in total. The summed E-state index contributed by atoms with van der Waals surface area (Å²) in [7, 11) is 0. The van der Waals surface area contributed by atoms with Gasteiger partial charge >= 0.3 is 0 Å². The monoisotopic (exact) mass is 717 g/mol. The van der Waals surface area contributed by atoms with E-state index in [1.807, 2.05) is 91.0 Å². The second-order valence-corrected chi connectivity index (χ2v) is 13.9. The van der Waals surface area contributed by atoms with Crippen molar-refractivity contribution in [2.45, 2.75) is 0 Å². The second kappa shape index (κ2) is 13.0. The van der Waals surface area contributed by atoms with Crippen LogP contribution in [0.2, 0.25) is 0 Å². The molecule has 0 spiro atoms. The van der Waals surface area contributed by atoms with E-state index in [1.54, 1.807) is 0 Å². The Morgan fingerprint density at radius 1 is 0.286 bits per heavy atom. The number of aromatic nitrogens is 3. The highest BCUT2D eigenvalue weighted by atomic mass is 16.3. The quantitative estimate of drug-likeness (QED) is 0.171. The Labute approximate surface area is 322 Å². The maximum absolute atomic E-state index is 6.98. The molecule has 5 heteroatoms. The van der Waals surface area contributed by atoms with Gasteiger partial charge in [-0.3, -0.25) is 0 Å². The van der Waals surface area contributed by atoms with Gasteiger partial charge in [-0.2, -0.15) is 0 Å². The predicted molar refractivity (Wildman–Crippen MR) is 227 cm³/mol. The van der Waals surface area contributed by atoms with Gasteiger partial charge in [0.15, 0.2) is 17.5 Å². The van der Waals surface area contributed by atoms with E-state index in [1.165, 1.54) is 11.1 Å². The number of rotatable bonds is 6. The molecular weight excluding hydrogens is 687 g/mol. The van der Waals surface area contributed by atoms with Crippen molar-refractivity contribution in [1.29, 1.82) is 0 Å². The Kier molecular flexibility index (Phi) is 7.42. The molecular formula is C51H31N3O2. The molecule has 8 aromatic carbocycles. The zero-order valence-electron chi connectivity index (χ0n) is 30.1. The first-order valence-corrected chi connectivity index (χ1v) is 18.7. The summed E-state index contributed by atoms with van der Waals surface area (Å²) < 4.78 is 13.7. The van der Waals surface area contributed by atoms with Crippen LogP contribution in [0.5, 0.6) is 0 Å². The average molecular weight is 718 g/mol. The highest BCUT2D eigenvalue weighted by molar-refractivity contribution is 6.19. The molecule has 0 aliphatic rings. The molecule has 0 aliphatic carbocycles. The standard InChI is InChI=1S/C51H31N3O2/c1-4-15-32(16-5-1)35-21-12-22-36(31-35)37-29-30-41(48-45(37)42-23-10-11-28-44(42)55-48)40-25-13-24-38-39-26-14-27-43(47(39)56-46(38)40)51-53-49(33-17-6-2-7-18-33)52-50(54-51)34-19-8-3-9-20-34/h1-31H. The van der Waals surface area contributed by atoms with E-state index in [-0.39, 0.29) is 0 Å². The van der Waals surface area contributed by atoms with Crippen LogP contribution < -0.4 is 0 Å². The topological polar surface area (TPSA) is 65.0 Å². The minimum absolute atomic E-state index is 0.547. The summed E-state index contributed by atoms with van der Waals surface area (Å²) in [5.41, 5.74) is 12.3. The molecule has 0 bridgehead atoms. The van der Waals surface area contributed by atoms with Gasteiger partial charge in [0.25, 0.3) is 0 Å². The zero-order chi connectivity index (χ0) is 37.0. The summed E-state index contributed by atoms with van der Waals surface area (Å²) in [6.07, 6.45) is 0. The number of fused-ring (bicyclic) bond motifs is 6. The van der Waals surface area contributed by atoms with Crippen molar-refractivity contribution < 1.29 is 8.83 Å². The van der Waals surface area contributed by atoms with Gasteiger partial charge in [-0.1, -0.05) is 164 Å². The molecule has 0 N–H and O–H groups in total. The highest BCUT2D eigenvalue weighted by Crippen LogP contribution is 2.46. The third-order valence-electron chi connectivity index (χ3n) is 10.6. The van der Waals surface area contributed by atoms with E-state index in [0.29, 0.717) is 17.5 Å². The fraction of sp³-hybridized carbons (Fsp3) is 0. The molecule has 262 valence electrons. The van der Waals surface area contributed by atoms with Gasteiger partial charge in [0.1, 0.15) is 22.3 Å². The van der Waals surface area contributed by atoms with Crippen LogP contribution in [0.4, 0.5) is 0 Å². The lowest BCUT2D eigenvalue weighted by molar-refractivity contribution is 0.665. The molecule has 11 aromatic rings. The minimum Gasteiger partial charge on any atom is -0.455 e. The van der Waals surface area contributed by atoms with Gasteiger partial charge in [0, 0.05) is 43.8 Å². The molecule has 0 aliphatic heterocycles. The van der Waals surface area contributed by atoms with Crippen molar-refractivity contribution >= 4 is 43.9 Å². The lowest BCUT2D eigenvalue weighted by Gasteiger charge is -2.10. The average Bonchev–Trinajstić information content (AvgIpc) is 3.86. The summed E-state index contributed by atoms with van der Waals surface area (Å²) in [6.45, 7) is 0. The lowest BCUT2D eigenvalue weighted by Crippen LogP contribution is -2.00. The van der Waals surface area contributed by atoms with Crippen LogP contribution >= 0.6 is 0 Å². The molecule has 3 heterocycles. The van der Waals surface area contributed by atoms with Gasteiger partial charge in [0.05, 0.1) is 5.56 Å². The Morgan fingerprint density at radius 2 is 0.768 bits per heavy atom. The third-order valence-corrected chi connectivity index (χ3v) is 10.6. The Morgan fingerprint density at radius 3 is 1.46 bits per heavy atom. The van der Waals surface area contributed by atoms with Crippen molar-refractivity contribution in [2.75, 3.05) is 0 Å². The normalized spacial score (nSPS) is 11.6. The van der Waals surface area contributed by atoms with E-state index in [0.717, 1.165) is 82.8 Å². The molecule has 0 saturated carbocycles. The molecule has 0 amide bonds. The first-order valence-electron chi connectivity index (χ1n) is 18.7. The van der Waals surface area contributed by atoms with E-state index in [2.05, 4.69) is 97.1 Å². The van der Waals surface area contributed by atoms with Crippen LogP contribution in [-0.2, 0) is 0 Å². The molecule has 0 fully saturated rings. The van der Waals surface area contributed by atoms with Gasteiger partial charge < -0.3 is 8.83 Å². The summed E-state index contributed by atoms with van der Waals surface area (Å²) in [6, 6.07) is 64.5. The first kappa shape index (κ1) is 31.9. The van der Waals surface area contributed by atoms with Crippen LogP contribution in [0.1, 0.15) is 0 Å². The van der Waals surface area contributed by atoms with Crippen LogP contribution in [0, 0.1) is 0 Å². The fourth-order valence-corrected chi connectivity index (χ4v) is 7.92. The second-order valence-electron chi connectivity index (χ2n) is 13.9. The molecule has 56 heavy (non-hydrogen) atoms. The molecule has 3 aromatic heterocycles. The van der Waals surface area contributed by atoms with Crippen molar-refractivity contribution in [2.24, 2.45) is 0 Å². The van der Waals surface area contributed by atoms with Crippen LogP contribution in [0.15, 0.2) is 197 Å². The SMILES string of the molecule is c1ccc(-c2cccc(-c3ccc(-c4cccc5c4oc4c(-c6nc(-c7ccccc7)nc(-c7ccccc7)n6)cccc45)c4oc5ccccc5c34)c2)cc1. The third kappa shape index (κ3) is 5.29. The number of benzene rings is 8. The Balaban J connectivity index is 1.11.